The van der Waals surface area contributed by atoms with Crippen LogP contribution in [0.2, 0.25) is 0 Å². The lowest BCUT2D eigenvalue weighted by molar-refractivity contribution is -0.0165. The normalized spacial score (nSPS) is 16.9. The van der Waals surface area contributed by atoms with Gasteiger partial charge in [0.25, 0.3) is 0 Å². The van der Waals surface area contributed by atoms with E-state index in [2.05, 4.69) is 37.8 Å². The van der Waals surface area contributed by atoms with Crippen molar-refractivity contribution < 1.29 is 30.3 Å². The maximum absolute atomic E-state index is 11.0. The molecule has 6 heteroatoms. The number of benzene rings is 2. The van der Waals surface area contributed by atoms with Gasteiger partial charge in [0.1, 0.15) is 17.6 Å². The Hall–Kier alpha value is -2.56. The predicted molar refractivity (Wildman–Crippen MR) is 155 cm³/mol. The third kappa shape index (κ3) is 12.4. The van der Waals surface area contributed by atoms with Gasteiger partial charge in [0, 0.05) is 30.9 Å². The number of aliphatic hydroxyl groups excluding tert-OH is 3. The predicted octanol–water partition coefficient (Wildman–Crippen LogP) is 5.81. The van der Waals surface area contributed by atoms with Crippen molar-refractivity contribution in [3.8, 4) is 23.3 Å². The highest BCUT2D eigenvalue weighted by atomic mass is 16.5. The Labute approximate surface area is 234 Å². The standard InChI is InChI=1S/C33H48O6/c1-22(2)13-31(33(38)27-16-29(35)18-30(36)17-27)32(37)19-28(34)12-11-23(3)14-24(4)15-25(5)20-39-21-26-9-7-6-8-10-26/h6-10,16-18,22-25,28,31-38H,13-15,19-21H2,1-5H3/t23-,24-,25-,28-,31-,32-,33+/m1/s1. The zero-order chi connectivity index (χ0) is 28.9. The van der Waals surface area contributed by atoms with E-state index in [1.54, 1.807) is 0 Å². The summed E-state index contributed by atoms with van der Waals surface area (Å²) in [6.45, 7) is 11.8. The molecule has 0 unspecified atom stereocenters. The van der Waals surface area contributed by atoms with E-state index in [1.165, 1.54) is 23.8 Å². The molecule has 0 saturated heterocycles. The average Bonchev–Trinajstić information content (AvgIpc) is 2.85. The average molecular weight is 541 g/mol. The molecular weight excluding hydrogens is 492 g/mol. The Morgan fingerprint density at radius 2 is 1.38 bits per heavy atom. The minimum Gasteiger partial charge on any atom is -0.508 e. The summed E-state index contributed by atoms with van der Waals surface area (Å²) in [7, 11) is 0. The Bertz CT molecular complexity index is 1010. The number of aromatic hydroxyl groups is 2. The third-order valence-electron chi connectivity index (χ3n) is 6.95. The van der Waals surface area contributed by atoms with E-state index < -0.39 is 24.2 Å². The molecule has 2 aromatic rings. The van der Waals surface area contributed by atoms with Gasteiger partial charge in [-0.25, -0.2) is 0 Å². The van der Waals surface area contributed by atoms with Gasteiger partial charge in [0.05, 0.1) is 18.8 Å². The number of rotatable bonds is 15. The number of hydrogen-bond donors (Lipinski definition) is 5. The summed E-state index contributed by atoms with van der Waals surface area (Å²) in [5.41, 5.74) is 1.49. The van der Waals surface area contributed by atoms with Crippen molar-refractivity contribution in [1.29, 1.82) is 0 Å². The topological polar surface area (TPSA) is 110 Å². The first kappa shape index (κ1) is 32.7. The van der Waals surface area contributed by atoms with E-state index in [4.69, 9.17) is 4.74 Å². The van der Waals surface area contributed by atoms with Gasteiger partial charge in [-0.2, -0.15) is 0 Å². The molecule has 0 radical (unpaired) electrons. The van der Waals surface area contributed by atoms with Crippen LogP contribution in [0.15, 0.2) is 48.5 Å². The van der Waals surface area contributed by atoms with E-state index in [-0.39, 0.29) is 29.8 Å². The number of hydrogen-bond acceptors (Lipinski definition) is 6. The zero-order valence-corrected chi connectivity index (χ0v) is 24.1. The van der Waals surface area contributed by atoms with Crippen LogP contribution in [0.3, 0.4) is 0 Å². The van der Waals surface area contributed by atoms with E-state index in [0.717, 1.165) is 12.8 Å². The van der Waals surface area contributed by atoms with Gasteiger partial charge in [0.2, 0.25) is 0 Å². The molecule has 0 aliphatic heterocycles. The Balaban J connectivity index is 1.84. The van der Waals surface area contributed by atoms with Crippen molar-refractivity contribution in [2.75, 3.05) is 6.61 Å². The van der Waals surface area contributed by atoms with Crippen LogP contribution in [0.25, 0.3) is 0 Å². The minimum absolute atomic E-state index is 0.00427. The molecule has 2 aromatic carbocycles. The van der Waals surface area contributed by atoms with Crippen LogP contribution in [0, 0.1) is 41.4 Å². The molecule has 7 atom stereocenters. The molecule has 0 spiro atoms. The summed E-state index contributed by atoms with van der Waals surface area (Å²) >= 11 is 0. The van der Waals surface area contributed by atoms with Gasteiger partial charge in [-0.05, 0) is 60.3 Å². The first-order valence-electron chi connectivity index (χ1n) is 14.1. The molecule has 2 rings (SSSR count). The highest BCUT2D eigenvalue weighted by molar-refractivity contribution is 5.38. The largest absolute Gasteiger partial charge is 0.508 e. The van der Waals surface area contributed by atoms with Gasteiger partial charge < -0.3 is 30.3 Å². The minimum atomic E-state index is -1.11. The molecule has 5 N–H and O–H groups in total. The Kier molecular flexibility index (Phi) is 13.8. The molecule has 0 heterocycles. The first-order chi connectivity index (χ1) is 18.4. The third-order valence-corrected chi connectivity index (χ3v) is 6.95. The van der Waals surface area contributed by atoms with Crippen molar-refractivity contribution in [2.24, 2.45) is 29.6 Å². The molecule has 0 bridgehead atoms. The van der Waals surface area contributed by atoms with Crippen molar-refractivity contribution in [2.45, 2.75) is 85.2 Å². The second kappa shape index (κ2) is 16.5. The smallest absolute Gasteiger partial charge is 0.119 e. The van der Waals surface area contributed by atoms with E-state index in [0.29, 0.717) is 37.0 Å². The van der Waals surface area contributed by atoms with Crippen molar-refractivity contribution in [1.82, 2.24) is 0 Å². The second-order valence-electron chi connectivity index (χ2n) is 11.7. The summed E-state index contributed by atoms with van der Waals surface area (Å²) in [5, 5.41) is 52.0. The summed E-state index contributed by atoms with van der Waals surface area (Å²) in [6.07, 6.45) is -0.712. The van der Waals surface area contributed by atoms with Gasteiger partial charge in [-0.15, -0.1) is 0 Å². The Morgan fingerprint density at radius 1 is 0.744 bits per heavy atom. The highest BCUT2D eigenvalue weighted by Crippen LogP contribution is 2.35. The fourth-order valence-corrected chi connectivity index (χ4v) is 5.24. The molecular formula is C33H48O6. The SMILES string of the molecule is CC(C)C[C@H]([C@H](O)C[C@H](O)C#C[C@@H](C)C[C@@H](C)C[C@@H](C)COCc1ccccc1)[C@@H](O)c1cc(O)cc(O)c1. The van der Waals surface area contributed by atoms with Crippen LogP contribution in [0.4, 0.5) is 0 Å². The van der Waals surface area contributed by atoms with Crippen molar-refractivity contribution in [3.63, 3.8) is 0 Å². The molecule has 0 fully saturated rings. The lowest BCUT2D eigenvalue weighted by atomic mass is 9.82. The Morgan fingerprint density at radius 3 is 2.00 bits per heavy atom. The lowest BCUT2D eigenvalue weighted by Crippen LogP contribution is -2.31. The van der Waals surface area contributed by atoms with Gasteiger partial charge in [0.15, 0.2) is 0 Å². The number of phenols is 2. The van der Waals surface area contributed by atoms with Crippen LogP contribution in [0.5, 0.6) is 11.5 Å². The molecule has 0 aliphatic carbocycles. The fraction of sp³-hybridized carbons (Fsp3) is 0.576. The summed E-state index contributed by atoms with van der Waals surface area (Å²) in [5.74, 6) is 6.28. The molecule has 0 amide bonds. The summed E-state index contributed by atoms with van der Waals surface area (Å²) in [6, 6.07) is 14.1. The number of phenolic OH excluding ortho intramolecular Hbond substituents is 2. The van der Waals surface area contributed by atoms with Crippen LogP contribution in [0.1, 0.15) is 77.5 Å². The van der Waals surface area contributed by atoms with E-state index in [9.17, 15) is 25.5 Å². The first-order valence-corrected chi connectivity index (χ1v) is 14.1. The van der Waals surface area contributed by atoms with E-state index in [1.807, 2.05) is 39.0 Å². The van der Waals surface area contributed by atoms with Crippen molar-refractivity contribution >= 4 is 0 Å². The van der Waals surface area contributed by atoms with Crippen LogP contribution in [-0.2, 0) is 11.3 Å². The number of aliphatic hydroxyl groups is 3. The molecule has 216 valence electrons. The summed E-state index contributed by atoms with van der Waals surface area (Å²) in [4.78, 5) is 0. The van der Waals surface area contributed by atoms with E-state index >= 15 is 0 Å². The summed E-state index contributed by atoms with van der Waals surface area (Å²) < 4.78 is 5.88. The van der Waals surface area contributed by atoms with Gasteiger partial charge in [-0.3, -0.25) is 0 Å². The molecule has 0 saturated carbocycles. The quantitative estimate of drug-likeness (QED) is 0.182. The zero-order valence-electron chi connectivity index (χ0n) is 24.1. The monoisotopic (exact) mass is 540 g/mol. The molecule has 6 nitrogen and oxygen atoms in total. The van der Waals surface area contributed by atoms with Crippen LogP contribution < -0.4 is 0 Å². The second-order valence-corrected chi connectivity index (χ2v) is 11.7. The van der Waals surface area contributed by atoms with Crippen LogP contribution in [-0.4, -0.2) is 44.3 Å². The lowest BCUT2D eigenvalue weighted by Gasteiger charge is -2.30. The van der Waals surface area contributed by atoms with Crippen molar-refractivity contribution in [3.05, 3.63) is 59.7 Å². The van der Waals surface area contributed by atoms with Crippen LogP contribution >= 0.6 is 0 Å². The fourth-order valence-electron chi connectivity index (χ4n) is 5.24. The molecule has 0 aliphatic rings. The molecule has 0 aromatic heterocycles. The highest BCUT2D eigenvalue weighted by Gasteiger charge is 2.30. The van der Waals surface area contributed by atoms with Gasteiger partial charge in [-0.1, -0.05) is 76.8 Å². The van der Waals surface area contributed by atoms with Gasteiger partial charge >= 0.3 is 0 Å². The molecule has 39 heavy (non-hydrogen) atoms. The number of ether oxygens (including phenoxy) is 1. The maximum Gasteiger partial charge on any atom is 0.119 e. The maximum atomic E-state index is 11.0.